The van der Waals surface area contributed by atoms with Crippen molar-refractivity contribution in [1.82, 2.24) is 0 Å². The first-order valence-electron chi connectivity index (χ1n) is 5.97. The van der Waals surface area contributed by atoms with Gasteiger partial charge in [-0.15, -0.1) is 0 Å². The second-order valence-electron chi connectivity index (χ2n) is 4.20. The number of furan rings is 1. The van der Waals surface area contributed by atoms with E-state index in [-0.39, 0.29) is 5.69 Å². The van der Waals surface area contributed by atoms with Gasteiger partial charge in [-0.3, -0.25) is 10.1 Å². The summed E-state index contributed by atoms with van der Waals surface area (Å²) in [7, 11) is 0. The number of nitro benzene ring substituents is 1. The van der Waals surface area contributed by atoms with E-state index in [4.69, 9.17) is 4.42 Å². The normalized spacial score (nSPS) is 10.0. The molecule has 1 aromatic heterocycles. The summed E-state index contributed by atoms with van der Waals surface area (Å²) in [4.78, 5) is 10.1. The Morgan fingerprint density at radius 3 is 2.45 bits per heavy atom. The lowest BCUT2D eigenvalue weighted by atomic mass is 10.2. The second-order valence-corrected chi connectivity index (χ2v) is 4.20. The maximum atomic E-state index is 10.5. The molecule has 3 aromatic rings. The fourth-order valence-corrected chi connectivity index (χ4v) is 1.84. The van der Waals surface area contributed by atoms with Crippen LogP contribution in [0.15, 0.2) is 59.0 Å². The van der Waals surface area contributed by atoms with Gasteiger partial charge in [-0.05, 0) is 24.1 Å². The maximum absolute atomic E-state index is 10.5. The number of fused-ring (bicyclic) bond motifs is 1. The molecule has 0 aliphatic heterocycles. The van der Waals surface area contributed by atoms with Crippen LogP contribution in [0, 0.1) is 22.0 Å². The third-order valence-corrected chi connectivity index (χ3v) is 2.83. The molecule has 0 aliphatic carbocycles. The third kappa shape index (κ3) is 2.38. The number of para-hydroxylation sites is 1. The van der Waals surface area contributed by atoms with Crippen LogP contribution >= 0.6 is 0 Å². The zero-order chi connectivity index (χ0) is 13.9. The molecule has 0 aliphatic rings. The summed E-state index contributed by atoms with van der Waals surface area (Å²) in [5.41, 5.74) is 1.55. The van der Waals surface area contributed by atoms with Crippen LogP contribution in [0.4, 0.5) is 5.69 Å². The highest BCUT2D eigenvalue weighted by Crippen LogP contribution is 2.18. The van der Waals surface area contributed by atoms with Gasteiger partial charge in [0.1, 0.15) is 5.58 Å². The summed E-state index contributed by atoms with van der Waals surface area (Å²) >= 11 is 0. The summed E-state index contributed by atoms with van der Waals surface area (Å²) in [6, 6.07) is 15.6. The molecule has 20 heavy (non-hydrogen) atoms. The van der Waals surface area contributed by atoms with Gasteiger partial charge < -0.3 is 4.42 Å². The summed E-state index contributed by atoms with van der Waals surface area (Å²) < 4.78 is 5.57. The Morgan fingerprint density at radius 2 is 1.75 bits per heavy atom. The van der Waals surface area contributed by atoms with E-state index in [2.05, 4.69) is 11.8 Å². The molecule has 4 nitrogen and oxygen atoms in total. The molecule has 0 bridgehead atoms. The molecular weight excluding hydrogens is 254 g/mol. The van der Waals surface area contributed by atoms with E-state index >= 15 is 0 Å². The molecule has 0 fully saturated rings. The van der Waals surface area contributed by atoms with Gasteiger partial charge in [-0.2, -0.15) is 0 Å². The minimum absolute atomic E-state index is 0.0549. The van der Waals surface area contributed by atoms with E-state index in [1.807, 2.05) is 30.3 Å². The molecule has 0 N–H and O–H groups in total. The highest BCUT2D eigenvalue weighted by Gasteiger charge is 2.03. The topological polar surface area (TPSA) is 56.3 Å². The highest BCUT2D eigenvalue weighted by atomic mass is 16.6. The zero-order valence-electron chi connectivity index (χ0n) is 10.4. The first-order valence-corrected chi connectivity index (χ1v) is 5.97. The summed E-state index contributed by atoms with van der Waals surface area (Å²) in [5.74, 6) is 6.41. The molecule has 4 heteroatoms. The Kier molecular flexibility index (Phi) is 2.94. The molecule has 0 spiro atoms. The average molecular weight is 263 g/mol. The lowest BCUT2D eigenvalue weighted by Gasteiger charge is -1.90. The lowest BCUT2D eigenvalue weighted by Crippen LogP contribution is -1.86. The first-order chi connectivity index (χ1) is 9.72. The van der Waals surface area contributed by atoms with Crippen molar-refractivity contribution < 1.29 is 9.34 Å². The van der Waals surface area contributed by atoms with Gasteiger partial charge in [0.2, 0.25) is 0 Å². The van der Waals surface area contributed by atoms with Crippen molar-refractivity contribution in [3.63, 3.8) is 0 Å². The van der Waals surface area contributed by atoms with Crippen molar-refractivity contribution in [3.8, 4) is 11.8 Å². The number of hydrogen-bond donors (Lipinski definition) is 0. The number of non-ortho nitro benzene ring substituents is 1. The maximum Gasteiger partial charge on any atom is 0.269 e. The Balaban J connectivity index is 1.89. The zero-order valence-corrected chi connectivity index (χ0v) is 10.4. The van der Waals surface area contributed by atoms with Gasteiger partial charge in [-0.25, -0.2) is 0 Å². The molecule has 0 saturated heterocycles. The summed E-state index contributed by atoms with van der Waals surface area (Å²) in [6.45, 7) is 0. The van der Waals surface area contributed by atoms with Gasteiger partial charge in [0.25, 0.3) is 5.69 Å². The van der Waals surface area contributed by atoms with E-state index in [1.54, 1.807) is 12.1 Å². The Morgan fingerprint density at radius 1 is 1.00 bits per heavy atom. The number of nitrogens with zero attached hydrogens (tertiary/aromatic N) is 1. The number of rotatable bonds is 1. The van der Waals surface area contributed by atoms with Crippen LogP contribution in [0.5, 0.6) is 0 Å². The number of hydrogen-bond acceptors (Lipinski definition) is 3. The van der Waals surface area contributed by atoms with Gasteiger partial charge in [0.05, 0.1) is 4.92 Å². The largest absolute Gasteiger partial charge is 0.448 e. The lowest BCUT2D eigenvalue weighted by molar-refractivity contribution is -0.384. The number of nitro groups is 1. The van der Waals surface area contributed by atoms with Gasteiger partial charge >= 0.3 is 0 Å². The van der Waals surface area contributed by atoms with Crippen LogP contribution in [0.3, 0.4) is 0 Å². The molecule has 1 heterocycles. The van der Waals surface area contributed by atoms with Gasteiger partial charge in [0.15, 0.2) is 5.76 Å². The first kappa shape index (κ1) is 12.0. The monoisotopic (exact) mass is 263 g/mol. The van der Waals surface area contributed by atoms with Crippen molar-refractivity contribution in [3.05, 3.63) is 76.0 Å². The molecule has 0 saturated carbocycles. The van der Waals surface area contributed by atoms with Crippen molar-refractivity contribution >= 4 is 16.7 Å². The van der Waals surface area contributed by atoms with Crippen molar-refractivity contribution in [2.24, 2.45) is 0 Å². The third-order valence-electron chi connectivity index (χ3n) is 2.83. The SMILES string of the molecule is O=[N+]([O-])c1ccc(C#Cc2cc3ccccc3o2)cc1. The molecule has 3 rings (SSSR count). The highest BCUT2D eigenvalue weighted by molar-refractivity contribution is 5.78. The molecule has 0 radical (unpaired) electrons. The van der Waals surface area contributed by atoms with Gasteiger partial charge in [-0.1, -0.05) is 24.1 Å². The quantitative estimate of drug-likeness (QED) is 0.382. The van der Waals surface area contributed by atoms with E-state index in [9.17, 15) is 10.1 Å². The van der Waals surface area contributed by atoms with E-state index in [1.165, 1.54) is 12.1 Å². The fraction of sp³-hybridized carbons (Fsp3) is 0. The number of benzene rings is 2. The standard InChI is InChI=1S/C16H9NO3/c18-17(19)14-8-5-12(6-9-14)7-10-15-11-13-3-1-2-4-16(13)20-15/h1-6,8-9,11H. The minimum atomic E-state index is -0.434. The predicted molar refractivity (Wildman–Crippen MR) is 75.3 cm³/mol. The van der Waals surface area contributed by atoms with E-state index in [0.29, 0.717) is 11.3 Å². The second kappa shape index (κ2) is 4.90. The van der Waals surface area contributed by atoms with Crippen LogP contribution in [0.25, 0.3) is 11.0 Å². The Bertz CT molecular complexity index is 802. The molecule has 2 aromatic carbocycles. The van der Waals surface area contributed by atoms with Crippen LogP contribution in [-0.4, -0.2) is 4.92 Å². The Hall–Kier alpha value is -3.06. The van der Waals surface area contributed by atoms with Crippen LogP contribution < -0.4 is 0 Å². The molecule has 0 atom stereocenters. The predicted octanol–water partition coefficient (Wildman–Crippen LogP) is 3.74. The fourth-order valence-electron chi connectivity index (χ4n) is 1.84. The molecule has 0 unspecified atom stereocenters. The molecular formula is C16H9NO3. The molecule has 96 valence electrons. The van der Waals surface area contributed by atoms with Gasteiger partial charge in [0, 0.05) is 29.1 Å². The Labute approximate surface area is 114 Å². The van der Waals surface area contributed by atoms with E-state index in [0.717, 1.165) is 11.0 Å². The summed E-state index contributed by atoms with van der Waals surface area (Å²) in [6.07, 6.45) is 0. The molecule has 0 amide bonds. The average Bonchev–Trinajstić information content (AvgIpc) is 2.88. The minimum Gasteiger partial charge on any atom is -0.448 e. The smallest absolute Gasteiger partial charge is 0.269 e. The summed E-state index contributed by atoms with van der Waals surface area (Å²) in [5, 5.41) is 11.5. The van der Waals surface area contributed by atoms with Crippen LogP contribution in [0.2, 0.25) is 0 Å². The van der Waals surface area contributed by atoms with Crippen molar-refractivity contribution in [2.45, 2.75) is 0 Å². The van der Waals surface area contributed by atoms with Crippen LogP contribution in [0.1, 0.15) is 11.3 Å². The van der Waals surface area contributed by atoms with Crippen LogP contribution in [-0.2, 0) is 0 Å². The van der Waals surface area contributed by atoms with Crippen molar-refractivity contribution in [1.29, 1.82) is 0 Å². The van der Waals surface area contributed by atoms with E-state index < -0.39 is 4.92 Å². The van der Waals surface area contributed by atoms with Crippen molar-refractivity contribution in [2.75, 3.05) is 0 Å².